The minimum Gasteiger partial charge on any atom is -0.355 e. The number of nitrogens with zero attached hydrogens (tertiary/aromatic N) is 6. The van der Waals surface area contributed by atoms with Crippen LogP contribution < -0.4 is 10.6 Å². The van der Waals surface area contributed by atoms with Gasteiger partial charge in [0.1, 0.15) is 34.5 Å². The van der Waals surface area contributed by atoms with Gasteiger partial charge in [-0.2, -0.15) is 5.10 Å². The number of likely N-dealkylation sites (tertiary alicyclic amines) is 1. The third kappa shape index (κ3) is 5.78. The first-order valence-corrected chi connectivity index (χ1v) is 17.1. The highest BCUT2D eigenvalue weighted by atomic mass is 79.9. The van der Waals surface area contributed by atoms with Crippen LogP contribution in [0.25, 0.3) is 22.0 Å². The highest BCUT2D eigenvalue weighted by molar-refractivity contribution is 9.10. The molecule has 0 spiro atoms. The van der Waals surface area contributed by atoms with Crippen LogP contribution in [0, 0.1) is 32.1 Å². The number of halogens is 1. The topological polar surface area (TPSA) is 152 Å². The summed E-state index contributed by atoms with van der Waals surface area (Å²) < 4.78 is 2.16. The lowest BCUT2D eigenvalue weighted by atomic mass is 9.84. The second-order valence-corrected chi connectivity index (χ2v) is 14.3. The highest BCUT2D eigenvalue weighted by Crippen LogP contribution is 2.59. The van der Waals surface area contributed by atoms with Crippen molar-refractivity contribution in [2.24, 2.45) is 11.3 Å². The molecule has 4 heterocycles. The summed E-state index contributed by atoms with van der Waals surface area (Å²) in [6.45, 7) is 7.31. The normalized spacial score (nSPS) is 21.5. The summed E-state index contributed by atoms with van der Waals surface area (Å²) in [7, 11) is 0. The molecule has 1 aromatic carbocycles. The van der Waals surface area contributed by atoms with Crippen molar-refractivity contribution in [1.82, 2.24) is 34.9 Å². The Balaban J connectivity index is 1.19. The van der Waals surface area contributed by atoms with Crippen LogP contribution >= 0.6 is 15.9 Å². The van der Waals surface area contributed by atoms with Crippen molar-refractivity contribution in [1.29, 1.82) is 0 Å². The van der Waals surface area contributed by atoms with Crippen molar-refractivity contribution < 1.29 is 19.2 Å². The van der Waals surface area contributed by atoms with Crippen molar-refractivity contribution >= 4 is 56.2 Å². The predicted octanol–water partition coefficient (Wildman–Crippen LogP) is 4.69. The Bertz CT molecular complexity index is 1990. The molecule has 3 amide bonds. The van der Waals surface area contributed by atoms with Gasteiger partial charge in [0.05, 0.1) is 5.52 Å². The maximum absolute atomic E-state index is 14.3. The molecule has 3 fully saturated rings. The summed E-state index contributed by atoms with van der Waals surface area (Å²) in [5.41, 5.74) is 3.84. The summed E-state index contributed by atoms with van der Waals surface area (Å²) in [5, 5.41) is 11.3. The maximum Gasteiger partial charge on any atom is 0.248 e. The first kappa shape index (κ1) is 32.0. The molecule has 3 aliphatic rings. The van der Waals surface area contributed by atoms with Crippen LogP contribution in [-0.4, -0.2) is 71.8 Å². The van der Waals surface area contributed by atoms with Gasteiger partial charge in [-0.05, 0) is 97.3 Å². The molecule has 1 saturated heterocycles. The summed E-state index contributed by atoms with van der Waals surface area (Å²) in [5.74, 6) is 0.347. The third-order valence-corrected chi connectivity index (χ3v) is 10.6. The number of nitrogens with one attached hydrogen (secondary N) is 2. The number of hydrogen-bond donors (Lipinski definition) is 2. The lowest BCUT2D eigenvalue weighted by molar-refractivity contribution is -0.138. The Morgan fingerprint density at radius 2 is 1.73 bits per heavy atom. The maximum atomic E-state index is 14.3. The van der Waals surface area contributed by atoms with Crippen molar-refractivity contribution in [3.8, 4) is 11.1 Å². The average Bonchev–Trinajstić information content (AvgIpc) is 3.42. The van der Waals surface area contributed by atoms with Crippen LogP contribution in [0.15, 0.2) is 41.3 Å². The summed E-state index contributed by atoms with van der Waals surface area (Å²) in [4.78, 5) is 68.5. The standard InChI is InChI=1S/C35H37BrN8O4/c1-18-8-9-28(36)40-32(18)41-34(48)26-12-35(17-39-33(47)22-6-5-7-22)13-27(35)44(26)29(46)16-43-31-19(2)10-23(24-14-37-21(4)38-15-24)11-25(31)30(42-43)20(3)45/h8-11,14-15,22,26-27H,5-7,12-13,16-17H2,1-4H3,(H,39,47)(H,40,41,48)/t26-,27+,35-/m0/s1. The van der Waals surface area contributed by atoms with Gasteiger partial charge in [0.15, 0.2) is 5.78 Å². The van der Waals surface area contributed by atoms with Gasteiger partial charge in [-0.3, -0.25) is 23.9 Å². The molecule has 1 aliphatic heterocycles. The van der Waals surface area contributed by atoms with E-state index in [1.807, 2.05) is 39.0 Å². The van der Waals surface area contributed by atoms with E-state index >= 15 is 0 Å². The zero-order valence-corrected chi connectivity index (χ0v) is 28.9. The number of piperidine rings is 1. The molecule has 0 radical (unpaired) electrons. The molecule has 48 heavy (non-hydrogen) atoms. The lowest BCUT2D eigenvalue weighted by Gasteiger charge is -2.27. The van der Waals surface area contributed by atoms with Gasteiger partial charge in [0, 0.05) is 54.2 Å². The molecular formula is C35H37BrN8O4. The van der Waals surface area contributed by atoms with Crippen molar-refractivity contribution in [3.05, 3.63) is 63.9 Å². The number of carbonyl (C=O) groups is 4. The Morgan fingerprint density at radius 3 is 2.42 bits per heavy atom. The minimum atomic E-state index is -0.764. The fraction of sp³-hybridized carbons (Fsp3) is 0.429. The third-order valence-electron chi connectivity index (χ3n) is 10.2. The Labute approximate surface area is 286 Å². The number of carbonyl (C=O) groups excluding carboxylic acids is 4. The van der Waals surface area contributed by atoms with Gasteiger partial charge in [-0.1, -0.05) is 12.5 Å². The van der Waals surface area contributed by atoms with E-state index in [2.05, 4.69) is 46.6 Å². The number of pyridine rings is 1. The smallest absolute Gasteiger partial charge is 0.248 e. The van der Waals surface area contributed by atoms with Crippen LogP contribution in [0.1, 0.15) is 66.5 Å². The molecule has 2 N–H and O–H groups in total. The zero-order valence-electron chi connectivity index (χ0n) is 27.3. The quantitative estimate of drug-likeness (QED) is 0.187. The minimum absolute atomic E-state index is 0.0489. The van der Waals surface area contributed by atoms with Gasteiger partial charge < -0.3 is 15.5 Å². The fourth-order valence-corrected chi connectivity index (χ4v) is 7.51. The van der Waals surface area contributed by atoms with E-state index in [4.69, 9.17) is 0 Å². The van der Waals surface area contributed by atoms with Crippen LogP contribution in [-0.2, 0) is 20.9 Å². The van der Waals surface area contributed by atoms with Gasteiger partial charge in [0.2, 0.25) is 17.7 Å². The van der Waals surface area contributed by atoms with Gasteiger partial charge in [0.25, 0.3) is 0 Å². The lowest BCUT2D eigenvalue weighted by Crippen LogP contribution is -2.47. The molecule has 4 aromatic rings. The molecule has 3 atom stereocenters. The van der Waals surface area contributed by atoms with Crippen LogP contribution in [0.2, 0.25) is 0 Å². The monoisotopic (exact) mass is 712 g/mol. The van der Waals surface area contributed by atoms with Crippen molar-refractivity contribution in [2.45, 2.75) is 78.4 Å². The van der Waals surface area contributed by atoms with E-state index in [9.17, 15) is 19.2 Å². The largest absolute Gasteiger partial charge is 0.355 e. The fourth-order valence-electron chi connectivity index (χ4n) is 7.20. The number of amides is 3. The average molecular weight is 714 g/mol. The molecule has 248 valence electrons. The highest BCUT2D eigenvalue weighted by Gasteiger charge is 2.67. The molecule has 2 aliphatic carbocycles. The van der Waals surface area contributed by atoms with E-state index in [1.165, 1.54) is 6.92 Å². The van der Waals surface area contributed by atoms with Crippen molar-refractivity contribution in [3.63, 3.8) is 0 Å². The number of aromatic nitrogens is 5. The molecule has 3 aromatic heterocycles. The Morgan fingerprint density at radius 1 is 0.979 bits per heavy atom. The van der Waals surface area contributed by atoms with E-state index in [0.717, 1.165) is 41.5 Å². The second kappa shape index (κ2) is 12.2. The van der Waals surface area contributed by atoms with Crippen LogP contribution in [0.5, 0.6) is 0 Å². The van der Waals surface area contributed by atoms with Crippen LogP contribution in [0.3, 0.4) is 0 Å². The molecular weight excluding hydrogens is 676 g/mol. The van der Waals surface area contributed by atoms with Gasteiger partial charge in [-0.25, -0.2) is 15.0 Å². The number of fused-ring (bicyclic) bond motifs is 2. The SMILES string of the molecule is CC(=O)c1nn(CC(=O)N2[C@H](C(=O)Nc3nc(Br)ccc3C)C[C@@]3(CNC(=O)C4CCC4)C[C@@H]23)c2c(C)cc(-c3cnc(C)nc3)cc12. The Hall–Kier alpha value is -4.52. The number of ketones is 1. The molecule has 7 rings (SSSR count). The molecule has 12 nitrogen and oxygen atoms in total. The summed E-state index contributed by atoms with van der Waals surface area (Å²) in [6.07, 6.45) is 7.46. The van der Waals surface area contributed by atoms with Crippen molar-refractivity contribution in [2.75, 3.05) is 11.9 Å². The van der Waals surface area contributed by atoms with Gasteiger partial charge in [-0.15, -0.1) is 0 Å². The first-order chi connectivity index (χ1) is 22.9. The summed E-state index contributed by atoms with van der Waals surface area (Å²) in [6, 6.07) is 6.54. The molecule has 0 bridgehead atoms. The van der Waals surface area contributed by atoms with Crippen LogP contribution in [0.4, 0.5) is 5.82 Å². The Kier molecular flexibility index (Phi) is 8.13. The van der Waals surface area contributed by atoms with Gasteiger partial charge >= 0.3 is 0 Å². The molecule has 0 unspecified atom stereocenters. The number of Topliss-reactive ketones (excluding diaryl/α,β-unsaturated/α-hetero) is 1. The van der Waals surface area contributed by atoms with E-state index < -0.39 is 6.04 Å². The van der Waals surface area contributed by atoms with E-state index in [0.29, 0.717) is 46.5 Å². The molecule has 13 heteroatoms. The number of rotatable bonds is 9. The van der Waals surface area contributed by atoms with E-state index in [-0.39, 0.29) is 53.1 Å². The number of anilines is 1. The number of benzene rings is 1. The zero-order chi connectivity index (χ0) is 33.9. The predicted molar refractivity (Wildman–Crippen MR) is 182 cm³/mol. The number of aryl methyl sites for hydroxylation is 3. The summed E-state index contributed by atoms with van der Waals surface area (Å²) >= 11 is 3.37. The second-order valence-electron chi connectivity index (χ2n) is 13.5. The molecule has 2 saturated carbocycles. The number of hydrogen-bond acceptors (Lipinski definition) is 8. The first-order valence-electron chi connectivity index (χ1n) is 16.3. The van der Waals surface area contributed by atoms with E-state index in [1.54, 1.807) is 28.0 Å².